The minimum atomic E-state index is -1.08. The lowest BCUT2D eigenvalue weighted by atomic mass is 10.0. The van der Waals surface area contributed by atoms with Crippen LogP contribution >= 0.6 is 15.9 Å². The molecule has 5 nitrogen and oxygen atoms in total. The van der Waals surface area contributed by atoms with Crippen LogP contribution in [0, 0.1) is 0 Å². The van der Waals surface area contributed by atoms with Crippen molar-refractivity contribution < 1.29 is 14.7 Å². The van der Waals surface area contributed by atoms with Gasteiger partial charge in [0.15, 0.2) is 0 Å². The lowest BCUT2D eigenvalue weighted by molar-refractivity contribution is -0.139. The van der Waals surface area contributed by atoms with E-state index < -0.39 is 17.9 Å². The second-order valence-electron chi connectivity index (χ2n) is 6.72. The molecule has 0 saturated heterocycles. The van der Waals surface area contributed by atoms with Gasteiger partial charge in [-0.2, -0.15) is 0 Å². The molecular formula is C23H17BrN2O3. The summed E-state index contributed by atoms with van der Waals surface area (Å²) in [6.07, 6.45) is 0.190. The molecule has 4 aromatic rings. The highest BCUT2D eigenvalue weighted by molar-refractivity contribution is 9.10. The first-order chi connectivity index (χ1) is 14.0. The number of carboxylic acids is 1. The highest BCUT2D eigenvalue weighted by Crippen LogP contribution is 2.26. The molecule has 0 fully saturated rings. The summed E-state index contributed by atoms with van der Waals surface area (Å²) in [4.78, 5) is 29.7. The molecule has 0 bridgehead atoms. The van der Waals surface area contributed by atoms with E-state index in [1.165, 1.54) is 0 Å². The zero-order valence-corrected chi connectivity index (χ0v) is 16.9. The summed E-state index contributed by atoms with van der Waals surface area (Å²) in [5.74, 6) is -1.51. The third-order valence-corrected chi connectivity index (χ3v) is 5.30. The fourth-order valence-corrected chi connectivity index (χ4v) is 3.64. The Morgan fingerprint density at radius 2 is 1.45 bits per heavy atom. The summed E-state index contributed by atoms with van der Waals surface area (Å²) in [6, 6.07) is 21.1. The second-order valence-corrected chi connectivity index (χ2v) is 7.63. The number of pyridine rings is 1. The van der Waals surface area contributed by atoms with Crippen LogP contribution in [-0.2, 0) is 11.2 Å². The predicted octanol–water partition coefficient (Wildman–Crippen LogP) is 4.58. The van der Waals surface area contributed by atoms with E-state index in [0.717, 1.165) is 10.0 Å². The predicted molar refractivity (Wildman–Crippen MR) is 116 cm³/mol. The lowest BCUT2D eigenvalue weighted by Gasteiger charge is -2.17. The average molecular weight is 449 g/mol. The Morgan fingerprint density at radius 1 is 0.897 bits per heavy atom. The second kappa shape index (κ2) is 8.01. The van der Waals surface area contributed by atoms with Gasteiger partial charge in [-0.1, -0.05) is 64.5 Å². The number of aromatic nitrogens is 1. The summed E-state index contributed by atoms with van der Waals surface area (Å²) >= 11 is 3.37. The highest BCUT2D eigenvalue weighted by Gasteiger charge is 2.24. The van der Waals surface area contributed by atoms with Gasteiger partial charge in [-0.25, -0.2) is 9.78 Å². The van der Waals surface area contributed by atoms with Crippen LogP contribution in [0.4, 0.5) is 0 Å². The molecule has 3 aromatic carbocycles. The highest BCUT2D eigenvalue weighted by atomic mass is 79.9. The van der Waals surface area contributed by atoms with E-state index in [4.69, 9.17) is 0 Å². The molecule has 1 aromatic heterocycles. The molecule has 0 saturated carbocycles. The van der Waals surface area contributed by atoms with Gasteiger partial charge in [-0.15, -0.1) is 0 Å². The van der Waals surface area contributed by atoms with Gasteiger partial charge < -0.3 is 10.4 Å². The topological polar surface area (TPSA) is 79.3 Å². The van der Waals surface area contributed by atoms with Crippen molar-refractivity contribution >= 4 is 49.6 Å². The van der Waals surface area contributed by atoms with Crippen molar-refractivity contribution in [1.29, 1.82) is 0 Å². The minimum absolute atomic E-state index is 0.190. The molecule has 1 atom stereocenters. The molecular weight excluding hydrogens is 432 g/mol. The number of nitrogens with zero attached hydrogens (tertiary/aromatic N) is 1. The number of carboxylic acid groups (broad SMARTS) is 1. The number of carbonyl (C=O) groups excluding carboxylic acids is 1. The molecule has 4 rings (SSSR count). The molecule has 29 heavy (non-hydrogen) atoms. The monoisotopic (exact) mass is 448 g/mol. The number of hydrogen-bond acceptors (Lipinski definition) is 3. The first-order valence-corrected chi connectivity index (χ1v) is 9.88. The number of nitrogens with one attached hydrogen (secondary N) is 1. The maximum atomic E-state index is 13.2. The number of carbonyl (C=O) groups is 2. The Hall–Kier alpha value is -3.25. The lowest BCUT2D eigenvalue weighted by Crippen LogP contribution is -2.42. The zero-order chi connectivity index (χ0) is 20.4. The first kappa shape index (κ1) is 19.1. The Balaban J connectivity index is 1.73. The van der Waals surface area contributed by atoms with Gasteiger partial charge in [-0.05, 0) is 29.8 Å². The van der Waals surface area contributed by atoms with E-state index in [2.05, 4.69) is 26.2 Å². The van der Waals surface area contributed by atoms with E-state index in [-0.39, 0.29) is 6.42 Å². The van der Waals surface area contributed by atoms with Crippen LogP contribution in [0.3, 0.4) is 0 Å². The number of aliphatic carboxylic acids is 1. The van der Waals surface area contributed by atoms with Crippen molar-refractivity contribution in [3.8, 4) is 0 Å². The number of halogens is 1. The van der Waals surface area contributed by atoms with Gasteiger partial charge in [0.05, 0.1) is 16.6 Å². The van der Waals surface area contributed by atoms with Crippen molar-refractivity contribution in [1.82, 2.24) is 10.3 Å². The van der Waals surface area contributed by atoms with E-state index >= 15 is 0 Å². The molecule has 0 aliphatic carbocycles. The van der Waals surface area contributed by atoms with Crippen LogP contribution in [0.15, 0.2) is 77.3 Å². The Labute approximate surface area is 175 Å². The van der Waals surface area contributed by atoms with Gasteiger partial charge in [0, 0.05) is 21.7 Å². The van der Waals surface area contributed by atoms with Crippen LogP contribution in [0.5, 0.6) is 0 Å². The third-order valence-electron chi connectivity index (χ3n) is 4.77. The van der Waals surface area contributed by atoms with Crippen molar-refractivity contribution in [2.24, 2.45) is 0 Å². The number of benzene rings is 3. The van der Waals surface area contributed by atoms with Gasteiger partial charge in [0.2, 0.25) is 0 Å². The normalized spacial score (nSPS) is 12.0. The van der Waals surface area contributed by atoms with Crippen molar-refractivity contribution in [3.05, 3.63) is 88.4 Å². The van der Waals surface area contributed by atoms with Gasteiger partial charge in [-0.3, -0.25) is 4.79 Å². The summed E-state index contributed by atoms with van der Waals surface area (Å²) < 4.78 is 0.909. The number of fused-ring (bicyclic) bond motifs is 2. The molecule has 1 amide bonds. The largest absolute Gasteiger partial charge is 0.480 e. The Kier molecular flexibility index (Phi) is 5.27. The van der Waals surface area contributed by atoms with Crippen LogP contribution in [0.2, 0.25) is 0 Å². The molecule has 2 N–H and O–H groups in total. The van der Waals surface area contributed by atoms with Crippen LogP contribution in [0.25, 0.3) is 21.8 Å². The van der Waals surface area contributed by atoms with Gasteiger partial charge in [0.25, 0.3) is 5.91 Å². The van der Waals surface area contributed by atoms with Crippen molar-refractivity contribution in [2.45, 2.75) is 12.5 Å². The van der Waals surface area contributed by atoms with Crippen molar-refractivity contribution in [2.75, 3.05) is 0 Å². The maximum Gasteiger partial charge on any atom is 0.326 e. The van der Waals surface area contributed by atoms with Crippen LogP contribution in [-0.4, -0.2) is 28.0 Å². The fourth-order valence-electron chi connectivity index (χ4n) is 3.37. The SMILES string of the molecule is O=C(N[C@@H](Cc1ccc(Br)cc1)C(=O)O)c1c2ccccc2nc2ccccc12. The fraction of sp³-hybridized carbons (Fsp3) is 0.0870. The number of hydrogen-bond donors (Lipinski definition) is 2. The van der Waals surface area contributed by atoms with E-state index in [9.17, 15) is 14.7 Å². The molecule has 0 aliphatic rings. The summed E-state index contributed by atoms with van der Waals surface area (Å²) in [7, 11) is 0. The molecule has 144 valence electrons. The van der Waals surface area contributed by atoms with Crippen molar-refractivity contribution in [3.63, 3.8) is 0 Å². The number of para-hydroxylation sites is 2. The summed E-state index contributed by atoms with van der Waals surface area (Å²) in [5.41, 5.74) is 2.64. The molecule has 0 spiro atoms. The number of amides is 1. The number of rotatable bonds is 5. The van der Waals surface area contributed by atoms with Crippen LogP contribution in [0.1, 0.15) is 15.9 Å². The first-order valence-electron chi connectivity index (χ1n) is 9.08. The quantitative estimate of drug-likeness (QED) is 0.438. The standard InChI is InChI=1S/C23H17BrN2O3/c24-15-11-9-14(10-12-15)13-20(23(28)29)26-22(27)21-16-5-1-3-7-18(16)25-19-8-4-2-6-17(19)21/h1-12,20H,13H2,(H,26,27)(H,28,29)/t20-/m0/s1. The molecule has 0 radical (unpaired) electrons. The smallest absolute Gasteiger partial charge is 0.326 e. The Morgan fingerprint density at radius 3 is 2.00 bits per heavy atom. The van der Waals surface area contributed by atoms with Gasteiger partial charge in [0.1, 0.15) is 6.04 Å². The van der Waals surface area contributed by atoms with E-state index in [1.807, 2.05) is 72.8 Å². The van der Waals surface area contributed by atoms with E-state index in [1.54, 1.807) is 0 Å². The minimum Gasteiger partial charge on any atom is -0.480 e. The van der Waals surface area contributed by atoms with Crippen LogP contribution < -0.4 is 5.32 Å². The Bertz CT molecular complexity index is 1170. The molecule has 1 heterocycles. The summed E-state index contributed by atoms with van der Waals surface area (Å²) in [5, 5.41) is 13.8. The zero-order valence-electron chi connectivity index (χ0n) is 15.3. The van der Waals surface area contributed by atoms with Gasteiger partial charge >= 0.3 is 5.97 Å². The molecule has 0 aliphatic heterocycles. The summed E-state index contributed by atoms with van der Waals surface area (Å²) in [6.45, 7) is 0. The molecule has 6 heteroatoms. The maximum absolute atomic E-state index is 13.2. The average Bonchev–Trinajstić information content (AvgIpc) is 2.72. The molecule has 0 unspecified atom stereocenters. The van der Waals surface area contributed by atoms with E-state index in [0.29, 0.717) is 27.4 Å². The third kappa shape index (κ3) is 3.98.